The number of carbonyl (C=O) groups excluding carboxylic acids is 3. The molecule has 0 aliphatic carbocycles. The normalized spacial score (nSPS) is 15.4. The van der Waals surface area contributed by atoms with Gasteiger partial charge in [0.15, 0.2) is 11.5 Å². The Morgan fingerprint density at radius 1 is 0.971 bits per heavy atom. The van der Waals surface area contributed by atoms with Crippen LogP contribution in [-0.2, 0) is 27.3 Å². The predicted molar refractivity (Wildman–Crippen MR) is 129 cm³/mol. The van der Waals surface area contributed by atoms with Crippen molar-refractivity contribution in [2.24, 2.45) is 0 Å². The number of amides is 1. The number of hydrogen-bond donors (Lipinski definition) is 1. The molecule has 0 saturated heterocycles. The fraction of sp³-hybridized carbons (Fsp3) is 0.214. The zero-order chi connectivity index (χ0) is 24.8. The molecule has 4 rings (SSSR count). The molecular weight excluding hydrogens is 444 g/mol. The van der Waals surface area contributed by atoms with Crippen LogP contribution >= 0.6 is 0 Å². The Bertz CT molecular complexity index is 1240. The summed E-state index contributed by atoms with van der Waals surface area (Å²) < 4.78 is 5.02. The van der Waals surface area contributed by atoms with Gasteiger partial charge in [0.1, 0.15) is 0 Å². The number of pyridine rings is 1. The third-order valence-corrected chi connectivity index (χ3v) is 5.93. The van der Waals surface area contributed by atoms with Gasteiger partial charge in [-0.25, -0.2) is 4.79 Å². The summed E-state index contributed by atoms with van der Waals surface area (Å²) in [5, 5.41) is 10.8. The summed E-state index contributed by atoms with van der Waals surface area (Å²) in [7, 11) is 0. The van der Waals surface area contributed by atoms with Crippen LogP contribution in [0.5, 0.6) is 0 Å². The molecule has 35 heavy (non-hydrogen) atoms. The maximum Gasteiger partial charge on any atom is 0.338 e. The quantitative estimate of drug-likeness (QED) is 0.467. The molecule has 0 spiro atoms. The van der Waals surface area contributed by atoms with E-state index in [9.17, 15) is 19.5 Å². The second kappa shape index (κ2) is 10.8. The van der Waals surface area contributed by atoms with E-state index in [-0.39, 0.29) is 30.9 Å². The smallest absolute Gasteiger partial charge is 0.338 e. The standard InChI is InChI=1S/C28H26N2O5/c1-2-35-28(34)22-11-8-20(9-12-22)18-30-25(21-14-16-29-17-15-21)24(26(32)27(30)33)23(31)13-10-19-6-4-3-5-7-19/h3-9,11-12,14-17,25,32H,2,10,13,18H2,1H3. The van der Waals surface area contributed by atoms with Crippen molar-refractivity contribution in [1.82, 2.24) is 9.88 Å². The molecule has 1 unspecified atom stereocenters. The lowest BCUT2D eigenvalue weighted by Crippen LogP contribution is -2.30. The first kappa shape index (κ1) is 23.9. The van der Waals surface area contributed by atoms with Crippen LogP contribution in [0.15, 0.2) is 90.5 Å². The van der Waals surface area contributed by atoms with Gasteiger partial charge in [-0.15, -0.1) is 0 Å². The van der Waals surface area contributed by atoms with E-state index in [0.29, 0.717) is 17.5 Å². The fourth-order valence-corrected chi connectivity index (χ4v) is 4.19. The molecule has 0 bridgehead atoms. The summed E-state index contributed by atoms with van der Waals surface area (Å²) in [6, 6.07) is 19.1. The molecule has 7 heteroatoms. The number of ketones is 1. The molecule has 0 fully saturated rings. The van der Waals surface area contributed by atoms with Gasteiger partial charge in [-0.05, 0) is 54.3 Å². The number of aryl methyl sites for hydroxylation is 1. The summed E-state index contributed by atoms with van der Waals surface area (Å²) in [5.41, 5.74) is 2.94. The zero-order valence-corrected chi connectivity index (χ0v) is 19.4. The molecule has 1 aromatic heterocycles. The Morgan fingerprint density at radius 3 is 2.31 bits per heavy atom. The Balaban J connectivity index is 1.59. The third kappa shape index (κ3) is 5.30. The molecule has 3 aromatic rings. The number of carbonyl (C=O) groups is 3. The first-order valence-electron chi connectivity index (χ1n) is 11.5. The monoisotopic (exact) mass is 470 g/mol. The maximum atomic E-state index is 13.3. The van der Waals surface area contributed by atoms with Crippen LogP contribution in [0.25, 0.3) is 0 Å². The van der Waals surface area contributed by atoms with Gasteiger partial charge in [0, 0.05) is 25.4 Å². The number of rotatable bonds is 9. The minimum atomic E-state index is -0.737. The molecule has 1 amide bonds. The number of nitrogens with zero attached hydrogens (tertiary/aromatic N) is 2. The predicted octanol–water partition coefficient (Wildman–Crippen LogP) is 4.36. The number of hydrogen-bond acceptors (Lipinski definition) is 6. The van der Waals surface area contributed by atoms with Crippen molar-refractivity contribution in [1.29, 1.82) is 0 Å². The fourth-order valence-electron chi connectivity index (χ4n) is 4.19. The van der Waals surface area contributed by atoms with Gasteiger partial charge >= 0.3 is 5.97 Å². The summed E-state index contributed by atoms with van der Waals surface area (Å²) in [5.74, 6) is -1.82. The molecule has 1 atom stereocenters. The molecule has 2 aromatic carbocycles. The van der Waals surface area contributed by atoms with E-state index in [0.717, 1.165) is 11.1 Å². The van der Waals surface area contributed by atoms with E-state index >= 15 is 0 Å². The average molecular weight is 471 g/mol. The second-order valence-corrected chi connectivity index (χ2v) is 8.20. The van der Waals surface area contributed by atoms with E-state index in [4.69, 9.17) is 4.74 Å². The summed E-state index contributed by atoms with van der Waals surface area (Å²) in [6.45, 7) is 2.17. The van der Waals surface area contributed by atoms with Crippen molar-refractivity contribution in [2.75, 3.05) is 6.61 Å². The third-order valence-electron chi connectivity index (χ3n) is 5.93. The van der Waals surface area contributed by atoms with E-state index in [1.54, 1.807) is 55.7 Å². The van der Waals surface area contributed by atoms with Gasteiger partial charge in [-0.3, -0.25) is 14.6 Å². The highest BCUT2D eigenvalue weighted by Crippen LogP contribution is 2.39. The van der Waals surface area contributed by atoms with Crippen LogP contribution in [0.1, 0.15) is 46.4 Å². The summed E-state index contributed by atoms with van der Waals surface area (Å²) >= 11 is 0. The molecule has 178 valence electrons. The van der Waals surface area contributed by atoms with Crippen LogP contribution in [0.3, 0.4) is 0 Å². The molecular formula is C28H26N2O5. The highest BCUT2D eigenvalue weighted by molar-refractivity contribution is 6.09. The van der Waals surface area contributed by atoms with Crippen LogP contribution in [0.2, 0.25) is 0 Å². The van der Waals surface area contributed by atoms with Crippen LogP contribution < -0.4 is 0 Å². The van der Waals surface area contributed by atoms with Crippen molar-refractivity contribution < 1.29 is 24.2 Å². The van der Waals surface area contributed by atoms with Gasteiger partial charge in [0.2, 0.25) is 0 Å². The SMILES string of the molecule is CCOC(=O)c1ccc(CN2C(=O)C(O)=C(C(=O)CCc3ccccc3)C2c2ccncc2)cc1. The van der Waals surface area contributed by atoms with Crippen molar-refractivity contribution in [2.45, 2.75) is 32.4 Å². The molecule has 2 heterocycles. The largest absolute Gasteiger partial charge is 0.503 e. The Hall–Kier alpha value is -4.26. The zero-order valence-electron chi connectivity index (χ0n) is 19.4. The Morgan fingerprint density at radius 2 is 1.66 bits per heavy atom. The van der Waals surface area contributed by atoms with Gasteiger partial charge in [0.25, 0.3) is 5.91 Å². The minimum absolute atomic E-state index is 0.0975. The van der Waals surface area contributed by atoms with Gasteiger partial charge in [-0.1, -0.05) is 42.5 Å². The average Bonchev–Trinajstić information content (AvgIpc) is 3.14. The Labute approximate surface area is 203 Å². The molecule has 0 radical (unpaired) electrons. The number of aliphatic hydroxyl groups is 1. The van der Waals surface area contributed by atoms with E-state index in [2.05, 4.69) is 4.98 Å². The maximum absolute atomic E-state index is 13.3. The lowest BCUT2D eigenvalue weighted by atomic mass is 9.93. The van der Waals surface area contributed by atoms with E-state index in [1.807, 2.05) is 30.3 Å². The minimum Gasteiger partial charge on any atom is -0.503 e. The van der Waals surface area contributed by atoms with Crippen LogP contribution in [0.4, 0.5) is 0 Å². The van der Waals surface area contributed by atoms with Crippen LogP contribution in [0, 0.1) is 0 Å². The van der Waals surface area contributed by atoms with E-state index < -0.39 is 23.7 Å². The van der Waals surface area contributed by atoms with Crippen molar-refractivity contribution >= 4 is 17.7 Å². The van der Waals surface area contributed by atoms with Gasteiger partial charge in [-0.2, -0.15) is 0 Å². The highest BCUT2D eigenvalue weighted by Gasteiger charge is 2.43. The highest BCUT2D eigenvalue weighted by atomic mass is 16.5. The van der Waals surface area contributed by atoms with Crippen molar-refractivity contribution in [3.05, 3.63) is 113 Å². The van der Waals surface area contributed by atoms with Crippen molar-refractivity contribution in [3.8, 4) is 0 Å². The number of benzene rings is 2. The van der Waals surface area contributed by atoms with Crippen LogP contribution in [-0.4, -0.2) is 39.3 Å². The number of esters is 1. The lowest BCUT2D eigenvalue weighted by Gasteiger charge is -2.27. The molecule has 7 nitrogen and oxygen atoms in total. The number of ether oxygens (including phenoxy) is 1. The summed E-state index contributed by atoms with van der Waals surface area (Å²) in [6.07, 6.45) is 3.85. The number of aromatic nitrogens is 1. The molecule has 1 aliphatic heterocycles. The molecule has 1 aliphatic rings. The first-order chi connectivity index (χ1) is 17.0. The summed E-state index contributed by atoms with van der Waals surface area (Å²) in [4.78, 5) is 43.8. The number of Topliss-reactive ketones (excluding diaryl/α,β-unsaturated/α-hetero) is 1. The Kier molecular flexibility index (Phi) is 7.35. The number of aliphatic hydroxyl groups excluding tert-OH is 1. The van der Waals surface area contributed by atoms with Crippen molar-refractivity contribution in [3.63, 3.8) is 0 Å². The molecule has 0 saturated carbocycles. The second-order valence-electron chi connectivity index (χ2n) is 8.20. The topological polar surface area (TPSA) is 96.8 Å². The van der Waals surface area contributed by atoms with Gasteiger partial charge < -0.3 is 14.7 Å². The van der Waals surface area contributed by atoms with Gasteiger partial charge in [0.05, 0.1) is 23.8 Å². The van der Waals surface area contributed by atoms with E-state index in [1.165, 1.54) is 4.90 Å². The lowest BCUT2D eigenvalue weighted by molar-refractivity contribution is -0.130. The molecule has 1 N–H and O–H groups in total. The first-order valence-corrected chi connectivity index (χ1v) is 11.5.